The Morgan fingerprint density at radius 1 is 1.40 bits per heavy atom. The molecule has 5 nitrogen and oxygen atoms in total. The maximum absolute atomic E-state index is 12.1. The van der Waals surface area contributed by atoms with E-state index in [1.54, 1.807) is 4.90 Å². The molecule has 1 aliphatic carbocycles. The Kier molecular flexibility index (Phi) is 3.22. The molecule has 0 aromatic carbocycles. The largest absolute Gasteiger partial charge is 0.369 e. The highest BCUT2D eigenvalue weighted by Crippen LogP contribution is 2.41. The summed E-state index contributed by atoms with van der Waals surface area (Å²) in [6, 6.07) is 2.25. The third kappa shape index (κ3) is 1.98. The van der Waals surface area contributed by atoms with Gasteiger partial charge in [0.15, 0.2) is 0 Å². The van der Waals surface area contributed by atoms with Gasteiger partial charge in [0.05, 0.1) is 11.5 Å². The van der Waals surface area contributed by atoms with Gasteiger partial charge in [0.25, 0.3) is 0 Å². The van der Waals surface area contributed by atoms with Crippen molar-refractivity contribution < 1.29 is 9.59 Å². The van der Waals surface area contributed by atoms with Crippen LogP contribution in [0.15, 0.2) is 0 Å². The van der Waals surface area contributed by atoms with Gasteiger partial charge in [-0.05, 0) is 31.2 Å². The van der Waals surface area contributed by atoms with Crippen molar-refractivity contribution in [2.45, 2.75) is 32.1 Å². The first-order valence-corrected chi connectivity index (χ1v) is 7.57. The molecule has 0 saturated carbocycles. The second kappa shape index (κ2) is 4.91. The van der Waals surface area contributed by atoms with Crippen LogP contribution in [0.5, 0.6) is 0 Å². The van der Waals surface area contributed by atoms with Crippen molar-refractivity contribution in [1.29, 1.82) is 5.26 Å². The van der Waals surface area contributed by atoms with Crippen LogP contribution in [0.2, 0.25) is 0 Å². The first-order valence-electron chi connectivity index (χ1n) is 6.76. The lowest BCUT2D eigenvalue weighted by atomic mass is 9.96. The highest BCUT2D eigenvalue weighted by molar-refractivity contribution is 7.16. The SMILES string of the molecule is N#Cc1c(N2CC(C(N)=O)CC2=O)sc2c1CCCC2. The summed E-state index contributed by atoms with van der Waals surface area (Å²) < 4.78 is 0. The van der Waals surface area contributed by atoms with E-state index in [4.69, 9.17) is 5.73 Å². The number of thiophene rings is 1. The minimum absolute atomic E-state index is 0.108. The molecule has 2 N–H and O–H groups in total. The Hall–Kier alpha value is -1.87. The summed E-state index contributed by atoms with van der Waals surface area (Å²) in [6.45, 7) is 0.308. The molecule has 3 rings (SSSR count). The Balaban J connectivity index is 1.99. The zero-order valence-corrected chi connectivity index (χ0v) is 11.8. The van der Waals surface area contributed by atoms with Crippen LogP contribution < -0.4 is 10.6 Å². The summed E-state index contributed by atoms with van der Waals surface area (Å²) >= 11 is 1.53. The van der Waals surface area contributed by atoms with Gasteiger partial charge in [-0.1, -0.05) is 0 Å². The molecular formula is C14H15N3O2S. The van der Waals surface area contributed by atoms with Gasteiger partial charge >= 0.3 is 0 Å². The van der Waals surface area contributed by atoms with Gasteiger partial charge in [0.1, 0.15) is 11.1 Å². The fourth-order valence-corrected chi connectivity index (χ4v) is 4.32. The number of nitrogens with two attached hydrogens (primary N) is 1. The quantitative estimate of drug-likeness (QED) is 0.891. The highest BCUT2D eigenvalue weighted by atomic mass is 32.1. The molecule has 0 spiro atoms. The van der Waals surface area contributed by atoms with Crippen LogP contribution in [-0.2, 0) is 22.4 Å². The van der Waals surface area contributed by atoms with Crippen LogP contribution in [0, 0.1) is 17.2 Å². The third-order valence-electron chi connectivity index (χ3n) is 4.04. The maximum Gasteiger partial charge on any atom is 0.228 e. The zero-order chi connectivity index (χ0) is 14.3. The van der Waals surface area contributed by atoms with Crippen molar-refractivity contribution in [3.63, 3.8) is 0 Å². The van der Waals surface area contributed by atoms with Gasteiger partial charge < -0.3 is 10.6 Å². The molecule has 1 aliphatic heterocycles. The number of amides is 2. The number of nitrogens with zero attached hydrogens (tertiary/aromatic N) is 2. The molecule has 20 heavy (non-hydrogen) atoms. The predicted molar refractivity (Wildman–Crippen MR) is 75.3 cm³/mol. The molecule has 2 amide bonds. The van der Waals surface area contributed by atoms with Crippen molar-refractivity contribution in [3.8, 4) is 6.07 Å². The second-order valence-corrected chi connectivity index (χ2v) is 6.39. The standard InChI is InChI=1S/C14H15N3O2S/c15-6-10-9-3-1-2-4-11(9)20-14(10)17-7-8(13(16)19)5-12(17)18/h8H,1-5,7H2,(H2,16,19). The monoisotopic (exact) mass is 289 g/mol. The number of hydrogen-bond acceptors (Lipinski definition) is 4. The van der Waals surface area contributed by atoms with Gasteiger partial charge in [-0.2, -0.15) is 5.26 Å². The molecule has 1 unspecified atom stereocenters. The summed E-state index contributed by atoms with van der Waals surface area (Å²) in [4.78, 5) is 26.1. The van der Waals surface area contributed by atoms with Crippen LogP contribution in [0.4, 0.5) is 5.00 Å². The lowest BCUT2D eigenvalue weighted by Gasteiger charge is -2.14. The van der Waals surface area contributed by atoms with Gasteiger partial charge in [-0.3, -0.25) is 9.59 Å². The average molecular weight is 289 g/mol. The highest BCUT2D eigenvalue weighted by Gasteiger charge is 2.37. The summed E-state index contributed by atoms with van der Waals surface area (Å²) in [7, 11) is 0. The van der Waals surface area contributed by atoms with Crippen LogP contribution >= 0.6 is 11.3 Å². The average Bonchev–Trinajstić information content (AvgIpc) is 2.98. The van der Waals surface area contributed by atoms with E-state index in [0.717, 1.165) is 31.2 Å². The molecule has 0 bridgehead atoms. The Morgan fingerprint density at radius 3 is 2.80 bits per heavy atom. The van der Waals surface area contributed by atoms with Crippen molar-refractivity contribution in [3.05, 3.63) is 16.0 Å². The number of carbonyl (C=O) groups is 2. The zero-order valence-electron chi connectivity index (χ0n) is 11.0. The molecular weight excluding hydrogens is 274 g/mol. The van der Waals surface area contributed by atoms with Crippen LogP contribution in [0.3, 0.4) is 0 Å². The van der Waals surface area contributed by atoms with Gasteiger partial charge in [-0.15, -0.1) is 11.3 Å². The Morgan fingerprint density at radius 2 is 2.15 bits per heavy atom. The lowest BCUT2D eigenvalue weighted by molar-refractivity contribution is -0.123. The number of primary amides is 1. The first kappa shape index (κ1) is 13.1. The van der Waals surface area contributed by atoms with Crippen molar-refractivity contribution in [1.82, 2.24) is 0 Å². The summed E-state index contributed by atoms with van der Waals surface area (Å²) in [5, 5.41) is 10.1. The lowest BCUT2D eigenvalue weighted by Crippen LogP contribution is -2.28. The van der Waals surface area contributed by atoms with E-state index in [9.17, 15) is 14.9 Å². The predicted octanol–water partition coefficient (Wildman–Crippen LogP) is 1.34. The third-order valence-corrected chi connectivity index (χ3v) is 5.35. The summed E-state index contributed by atoms with van der Waals surface area (Å²) in [5.74, 6) is -0.988. The number of anilines is 1. The van der Waals surface area contributed by atoms with Crippen LogP contribution in [0.1, 0.15) is 35.3 Å². The number of aryl methyl sites for hydroxylation is 1. The van der Waals surface area contributed by atoms with E-state index < -0.39 is 11.8 Å². The van der Waals surface area contributed by atoms with Crippen molar-refractivity contribution >= 4 is 28.2 Å². The fourth-order valence-electron chi connectivity index (χ4n) is 2.95. The van der Waals surface area contributed by atoms with E-state index in [-0.39, 0.29) is 12.3 Å². The minimum Gasteiger partial charge on any atom is -0.369 e. The van der Waals surface area contributed by atoms with E-state index >= 15 is 0 Å². The molecule has 1 aromatic heterocycles. The van der Waals surface area contributed by atoms with Crippen LogP contribution in [-0.4, -0.2) is 18.4 Å². The second-order valence-electron chi connectivity index (χ2n) is 5.31. The van der Waals surface area contributed by atoms with Gasteiger partial charge in [-0.25, -0.2) is 0 Å². The molecule has 104 valence electrons. The van der Waals surface area contributed by atoms with Crippen molar-refractivity contribution in [2.24, 2.45) is 11.7 Å². The molecule has 1 fully saturated rings. The maximum atomic E-state index is 12.1. The van der Waals surface area contributed by atoms with E-state index in [1.165, 1.54) is 16.2 Å². The van der Waals surface area contributed by atoms with E-state index in [0.29, 0.717) is 17.1 Å². The smallest absolute Gasteiger partial charge is 0.228 e. The number of rotatable bonds is 2. The molecule has 1 saturated heterocycles. The topological polar surface area (TPSA) is 87.2 Å². The first-order chi connectivity index (χ1) is 9.61. The molecule has 0 radical (unpaired) electrons. The van der Waals surface area contributed by atoms with Crippen molar-refractivity contribution in [2.75, 3.05) is 11.4 Å². The summed E-state index contributed by atoms with van der Waals surface area (Å²) in [5.41, 5.74) is 7.02. The number of fused-ring (bicyclic) bond motifs is 1. The van der Waals surface area contributed by atoms with E-state index in [2.05, 4.69) is 6.07 Å². The van der Waals surface area contributed by atoms with Gasteiger partial charge in [0.2, 0.25) is 11.8 Å². The molecule has 6 heteroatoms. The van der Waals surface area contributed by atoms with Gasteiger partial charge in [0, 0.05) is 17.8 Å². The minimum atomic E-state index is -0.444. The summed E-state index contributed by atoms with van der Waals surface area (Å²) in [6.07, 6.45) is 4.28. The number of nitriles is 1. The fraction of sp³-hybridized carbons (Fsp3) is 0.500. The Labute approximate surface area is 121 Å². The molecule has 1 aromatic rings. The molecule has 2 aliphatic rings. The number of carbonyl (C=O) groups excluding carboxylic acids is 2. The Bertz CT molecular complexity index is 629. The normalized spacial score (nSPS) is 21.6. The molecule has 2 heterocycles. The molecule has 1 atom stereocenters. The van der Waals surface area contributed by atoms with Crippen LogP contribution in [0.25, 0.3) is 0 Å². The number of hydrogen-bond donors (Lipinski definition) is 1. The van der Waals surface area contributed by atoms with E-state index in [1.807, 2.05) is 0 Å².